The third kappa shape index (κ3) is 5.04. The number of hydrogen-bond acceptors (Lipinski definition) is 4. The van der Waals surface area contributed by atoms with Gasteiger partial charge in [-0.05, 0) is 49.2 Å². The first-order chi connectivity index (χ1) is 17.0. The summed E-state index contributed by atoms with van der Waals surface area (Å²) in [6.07, 6.45) is 5.27. The summed E-state index contributed by atoms with van der Waals surface area (Å²) < 4.78 is 5.17. The summed E-state index contributed by atoms with van der Waals surface area (Å²) in [5, 5.41) is 7.71. The Labute approximate surface area is 208 Å². The number of H-pyrrole nitrogens is 1. The van der Waals surface area contributed by atoms with E-state index in [4.69, 9.17) is 16.3 Å². The number of nitrogens with one attached hydrogen (secondary N) is 3. The Bertz CT molecular complexity index is 1260. The van der Waals surface area contributed by atoms with Crippen molar-refractivity contribution in [2.45, 2.75) is 37.8 Å². The summed E-state index contributed by atoms with van der Waals surface area (Å²) in [5.41, 5.74) is 2.61. The van der Waals surface area contributed by atoms with E-state index in [2.05, 4.69) is 15.6 Å². The van der Waals surface area contributed by atoms with Gasteiger partial charge in [-0.3, -0.25) is 14.4 Å². The van der Waals surface area contributed by atoms with Gasteiger partial charge in [0.1, 0.15) is 6.61 Å². The number of aromatic nitrogens is 1. The fourth-order valence-corrected chi connectivity index (χ4v) is 5.01. The van der Waals surface area contributed by atoms with Gasteiger partial charge in [-0.1, -0.05) is 30.5 Å². The van der Waals surface area contributed by atoms with Crippen molar-refractivity contribution in [3.8, 4) is 0 Å². The van der Waals surface area contributed by atoms with Crippen molar-refractivity contribution in [2.24, 2.45) is 0 Å². The van der Waals surface area contributed by atoms with E-state index < -0.39 is 0 Å². The number of ether oxygens (including phenoxy) is 1. The van der Waals surface area contributed by atoms with Crippen LogP contribution in [0.3, 0.4) is 0 Å². The molecule has 2 aromatic carbocycles. The Balaban J connectivity index is 1.24. The molecule has 8 nitrogen and oxygen atoms in total. The highest BCUT2D eigenvalue weighted by molar-refractivity contribution is 6.35. The molecular formula is C26H27ClN4O4. The molecule has 2 aliphatic rings. The maximum atomic E-state index is 13.0. The van der Waals surface area contributed by atoms with E-state index in [9.17, 15) is 14.4 Å². The highest BCUT2D eigenvalue weighted by Gasteiger charge is 2.29. The van der Waals surface area contributed by atoms with Crippen LogP contribution in [0.15, 0.2) is 48.7 Å². The molecule has 9 heteroatoms. The van der Waals surface area contributed by atoms with Gasteiger partial charge in [-0.15, -0.1) is 0 Å². The molecule has 5 rings (SSSR count). The second kappa shape index (κ2) is 10.1. The summed E-state index contributed by atoms with van der Waals surface area (Å²) in [4.78, 5) is 42.7. The number of hydrogen-bond donors (Lipinski definition) is 3. The fourth-order valence-electron chi connectivity index (χ4n) is 4.80. The van der Waals surface area contributed by atoms with Crippen LogP contribution in [0.4, 0.5) is 5.69 Å². The van der Waals surface area contributed by atoms with Crippen molar-refractivity contribution in [1.29, 1.82) is 0 Å². The lowest BCUT2D eigenvalue weighted by molar-refractivity contribution is -0.125. The van der Waals surface area contributed by atoms with Gasteiger partial charge in [0.15, 0.2) is 0 Å². The maximum absolute atomic E-state index is 13.0. The molecule has 1 saturated heterocycles. The second-order valence-corrected chi connectivity index (χ2v) is 9.39. The predicted molar refractivity (Wildman–Crippen MR) is 134 cm³/mol. The van der Waals surface area contributed by atoms with Crippen LogP contribution >= 0.6 is 11.6 Å². The van der Waals surface area contributed by atoms with Crippen LogP contribution in [-0.4, -0.2) is 54.5 Å². The minimum atomic E-state index is -0.196. The number of carbonyl (C=O) groups is 3. The van der Waals surface area contributed by atoms with E-state index in [0.717, 1.165) is 42.3 Å². The third-order valence-corrected chi connectivity index (χ3v) is 7.03. The lowest BCUT2D eigenvalue weighted by Gasteiger charge is -2.33. The number of nitrogens with zero attached hydrogens (tertiary/aromatic N) is 1. The van der Waals surface area contributed by atoms with Gasteiger partial charge < -0.3 is 25.3 Å². The van der Waals surface area contributed by atoms with Crippen molar-refractivity contribution < 1.29 is 19.1 Å². The third-order valence-electron chi connectivity index (χ3n) is 6.72. The van der Waals surface area contributed by atoms with Crippen LogP contribution in [-0.2, 0) is 9.53 Å². The summed E-state index contributed by atoms with van der Waals surface area (Å²) >= 11 is 6.14. The van der Waals surface area contributed by atoms with Crippen LogP contribution in [0.5, 0.6) is 0 Å². The molecule has 3 N–H and O–H groups in total. The Morgan fingerprint density at radius 1 is 0.971 bits per heavy atom. The minimum absolute atomic E-state index is 0.0730. The quantitative estimate of drug-likeness (QED) is 0.503. The molecule has 1 aliphatic carbocycles. The number of benzene rings is 2. The SMILES string of the molecule is O=C(NC1CCCC[C@H]1NC(=O)c1ccc2c(Cl)c[nH]c2c1)c1ccc(N2CCOCC2=O)cc1. The smallest absolute Gasteiger partial charge is 0.253 e. The molecule has 1 unspecified atom stereocenters. The number of anilines is 1. The first kappa shape index (κ1) is 23.4. The molecule has 35 heavy (non-hydrogen) atoms. The van der Waals surface area contributed by atoms with Crippen molar-refractivity contribution in [2.75, 3.05) is 24.7 Å². The average molecular weight is 495 g/mol. The zero-order chi connectivity index (χ0) is 24.4. The molecule has 0 bridgehead atoms. The highest BCUT2D eigenvalue weighted by atomic mass is 35.5. The highest BCUT2D eigenvalue weighted by Crippen LogP contribution is 2.25. The molecule has 2 fully saturated rings. The Kier molecular flexibility index (Phi) is 6.74. The van der Waals surface area contributed by atoms with Crippen molar-refractivity contribution >= 4 is 45.9 Å². The standard InChI is InChI=1S/C26H27ClN4O4/c27-20-14-28-23-13-17(7-10-19(20)23)26(34)30-22-4-2-1-3-21(22)29-25(33)16-5-8-18(9-6-16)31-11-12-35-15-24(31)32/h5-10,13-14,21-22,28H,1-4,11-12,15H2,(H,29,33)(H,30,34)/t21?,22-/m1/s1. The lowest BCUT2D eigenvalue weighted by atomic mass is 9.89. The fraction of sp³-hybridized carbons (Fsp3) is 0.346. The van der Waals surface area contributed by atoms with Crippen LogP contribution in [0, 0.1) is 0 Å². The van der Waals surface area contributed by atoms with Gasteiger partial charge in [0.05, 0.1) is 11.6 Å². The first-order valence-electron chi connectivity index (χ1n) is 11.9. The van der Waals surface area contributed by atoms with Gasteiger partial charge in [-0.25, -0.2) is 0 Å². The van der Waals surface area contributed by atoms with Gasteiger partial charge in [0.2, 0.25) is 0 Å². The van der Waals surface area contributed by atoms with E-state index in [1.165, 1.54) is 0 Å². The Morgan fingerprint density at radius 2 is 1.63 bits per heavy atom. The van der Waals surface area contributed by atoms with Gasteiger partial charge >= 0.3 is 0 Å². The molecular weight excluding hydrogens is 468 g/mol. The maximum Gasteiger partial charge on any atom is 0.253 e. The average Bonchev–Trinajstić information content (AvgIpc) is 3.25. The van der Waals surface area contributed by atoms with E-state index >= 15 is 0 Å². The summed E-state index contributed by atoms with van der Waals surface area (Å²) in [5.74, 6) is -0.463. The zero-order valence-corrected chi connectivity index (χ0v) is 19.9. The number of rotatable bonds is 5. The molecule has 182 valence electrons. The molecule has 1 aromatic heterocycles. The normalized spacial score (nSPS) is 20.6. The van der Waals surface area contributed by atoms with Crippen LogP contribution < -0.4 is 15.5 Å². The zero-order valence-electron chi connectivity index (χ0n) is 19.2. The molecule has 1 aliphatic heterocycles. The van der Waals surface area contributed by atoms with Gasteiger partial charge in [0, 0.05) is 52.5 Å². The molecule has 2 heterocycles. The predicted octanol–water partition coefficient (Wildman–Crippen LogP) is 3.66. The van der Waals surface area contributed by atoms with E-state index in [0.29, 0.717) is 29.3 Å². The molecule has 3 amide bonds. The minimum Gasteiger partial charge on any atom is -0.370 e. The lowest BCUT2D eigenvalue weighted by Crippen LogP contribution is -2.53. The summed E-state index contributed by atoms with van der Waals surface area (Å²) in [6, 6.07) is 12.1. The molecule has 0 spiro atoms. The van der Waals surface area contributed by atoms with Crippen molar-refractivity contribution in [1.82, 2.24) is 15.6 Å². The number of carbonyl (C=O) groups excluding carboxylic acids is 3. The van der Waals surface area contributed by atoms with Crippen molar-refractivity contribution in [3.05, 3.63) is 64.8 Å². The van der Waals surface area contributed by atoms with Gasteiger partial charge in [-0.2, -0.15) is 0 Å². The number of aromatic amines is 1. The molecule has 3 aromatic rings. The van der Waals surface area contributed by atoms with Crippen LogP contribution in [0.25, 0.3) is 10.9 Å². The topological polar surface area (TPSA) is 104 Å². The number of fused-ring (bicyclic) bond motifs is 1. The number of halogens is 1. The van der Waals surface area contributed by atoms with E-state index in [1.807, 2.05) is 6.07 Å². The largest absolute Gasteiger partial charge is 0.370 e. The summed E-state index contributed by atoms with van der Waals surface area (Å²) in [6.45, 7) is 1.07. The Morgan fingerprint density at radius 3 is 2.31 bits per heavy atom. The molecule has 1 saturated carbocycles. The van der Waals surface area contributed by atoms with E-state index in [1.54, 1.807) is 47.5 Å². The van der Waals surface area contributed by atoms with E-state index in [-0.39, 0.29) is 36.4 Å². The molecule has 0 radical (unpaired) electrons. The number of morpholine rings is 1. The Hall–Kier alpha value is -3.36. The van der Waals surface area contributed by atoms with Crippen LogP contribution in [0.1, 0.15) is 46.4 Å². The second-order valence-electron chi connectivity index (χ2n) is 8.99. The monoisotopic (exact) mass is 494 g/mol. The number of amides is 3. The van der Waals surface area contributed by atoms with Gasteiger partial charge in [0.25, 0.3) is 17.7 Å². The van der Waals surface area contributed by atoms with Crippen molar-refractivity contribution in [3.63, 3.8) is 0 Å². The first-order valence-corrected chi connectivity index (χ1v) is 12.2. The van der Waals surface area contributed by atoms with Crippen LogP contribution in [0.2, 0.25) is 5.02 Å². The summed E-state index contributed by atoms with van der Waals surface area (Å²) in [7, 11) is 0. The molecule has 2 atom stereocenters.